The van der Waals surface area contributed by atoms with Crippen LogP contribution in [0.3, 0.4) is 0 Å². The summed E-state index contributed by atoms with van der Waals surface area (Å²) >= 11 is 5.15. The molecule has 0 unspecified atom stereocenters. The lowest BCUT2D eigenvalue weighted by molar-refractivity contribution is 0.0517. The van der Waals surface area contributed by atoms with Crippen LogP contribution in [0.2, 0.25) is 0 Å². The number of carbonyl (C=O) groups is 1. The van der Waals surface area contributed by atoms with Crippen LogP contribution in [0.15, 0.2) is 39.8 Å². The maximum absolute atomic E-state index is 12.9. The van der Waals surface area contributed by atoms with Crippen molar-refractivity contribution in [1.82, 2.24) is 19.2 Å². The van der Waals surface area contributed by atoms with Crippen molar-refractivity contribution in [3.05, 3.63) is 51.9 Å². The monoisotopic (exact) mass is 548 g/mol. The number of nitrogens with zero attached hydrogens (tertiary/aromatic N) is 4. The zero-order valence-electron chi connectivity index (χ0n) is 19.6. The second-order valence-electron chi connectivity index (χ2n) is 8.17. The van der Waals surface area contributed by atoms with Crippen molar-refractivity contribution >= 4 is 39.3 Å². The summed E-state index contributed by atoms with van der Waals surface area (Å²) < 4.78 is 13.0. The second-order valence-corrected chi connectivity index (χ2v) is 10.1. The molecule has 0 amide bonds. The van der Waals surface area contributed by atoms with E-state index in [1.165, 1.54) is 0 Å². The SMILES string of the molecule is CCOC(=O)c1c(CSc2cccc(OC)c2)nc2c(O)c(CN3CCN(C)CC3)c(Br)cn12. The average Bonchev–Trinajstić information content (AvgIpc) is 3.20. The van der Waals surface area contributed by atoms with Gasteiger partial charge >= 0.3 is 5.97 Å². The summed E-state index contributed by atoms with van der Waals surface area (Å²) in [5, 5.41) is 11.2. The molecular weight excluding hydrogens is 520 g/mol. The smallest absolute Gasteiger partial charge is 0.357 e. The van der Waals surface area contributed by atoms with Crippen molar-refractivity contribution in [3.8, 4) is 11.5 Å². The molecule has 1 saturated heterocycles. The number of ether oxygens (including phenoxy) is 2. The molecule has 34 heavy (non-hydrogen) atoms. The van der Waals surface area contributed by atoms with E-state index in [1.54, 1.807) is 36.4 Å². The van der Waals surface area contributed by atoms with Gasteiger partial charge in [0.05, 0.1) is 19.4 Å². The number of aromatic nitrogens is 2. The molecule has 8 nitrogen and oxygen atoms in total. The quantitative estimate of drug-likeness (QED) is 0.334. The fraction of sp³-hybridized carbons (Fsp3) is 0.417. The van der Waals surface area contributed by atoms with Crippen LogP contribution in [0.4, 0.5) is 0 Å². The van der Waals surface area contributed by atoms with Crippen LogP contribution in [-0.4, -0.2) is 77.2 Å². The first-order chi connectivity index (χ1) is 16.4. The van der Waals surface area contributed by atoms with Crippen molar-refractivity contribution in [2.75, 3.05) is 46.9 Å². The Morgan fingerprint density at radius 2 is 2.03 bits per heavy atom. The molecule has 10 heteroatoms. The van der Waals surface area contributed by atoms with E-state index >= 15 is 0 Å². The molecule has 182 valence electrons. The lowest BCUT2D eigenvalue weighted by Crippen LogP contribution is -2.43. The molecule has 1 aliphatic heterocycles. The Kier molecular flexibility index (Phi) is 8.02. The number of likely N-dealkylation sites (N-methyl/N-ethyl adjacent to an activating group) is 1. The van der Waals surface area contributed by atoms with E-state index in [0.717, 1.165) is 46.9 Å². The van der Waals surface area contributed by atoms with Crippen molar-refractivity contribution in [2.24, 2.45) is 0 Å². The van der Waals surface area contributed by atoms with Crippen LogP contribution in [-0.2, 0) is 17.0 Å². The molecular formula is C24H29BrN4O4S. The number of hydrogen-bond acceptors (Lipinski definition) is 8. The number of benzene rings is 1. The highest BCUT2D eigenvalue weighted by Gasteiger charge is 2.26. The molecule has 1 N–H and O–H groups in total. The van der Waals surface area contributed by atoms with Gasteiger partial charge in [-0.05, 0) is 48.1 Å². The lowest BCUT2D eigenvalue weighted by atomic mass is 10.2. The Bertz CT molecular complexity index is 1180. The number of piperazine rings is 1. The van der Waals surface area contributed by atoms with Gasteiger partial charge in [0.2, 0.25) is 0 Å². The maximum Gasteiger partial charge on any atom is 0.357 e. The van der Waals surface area contributed by atoms with Crippen LogP contribution in [0, 0.1) is 0 Å². The van der Waals surface area contributed by atoms with Crippen LogP contribution in [0.25, 0.3) is 5.65 Å². The highest BCUT2D eigenvalue weighted by molar-refractivity contribution is 9.10. The van der Waals surface area contributed by atoms with E-state index in [2.05, 4.69) is 32.8 Å². The third-order valence-corrected chi connectivity index (χ3v) is 7.56. The van der Waals surface area contributed by atoms with Gasteiger partial charge in [-0.15, -0.1) is 11.8 Å². The molecule has 0 radical (unpaired) electrons. The van der Waals surface area contributed by atoms with Crippen LogP contribution < -0.4 is 4.74 Å². The zero-order chi connectivity index (χ0) is 24.2. The first-order valence-electron chi connectivity index (χ1n) is 11.2. The maximum atomic E-state index is 12.9. The number of esters is 1. The predicted octanol–water partition coefficient (Wildman–Crippen LogP) is 4.03. The summed E-state index contributed by atoms with van der Waals surface area (Å²) in [4.78, 5) is 23.2. The number of aromatic hydroxyl groups is 1. The molecule has 4 rings (SSSR count). The number of carbonyl (C=O) groups excluding carboxylic acids is 1. The lowest BCUT2D eigenvalue weighted by Gasteiger charge is -2.32. The van der Waals surface area contributed by atoms with Gasteiger partial charge in [0.1, 0.15) is 5.75 Å². The van der Waals surface area contributed by atoms with Gasteiger partial charge in [-0.3, -0.25) is 9.30 Å². The number of methoxy groups -OCH3 is 1. The summed E-state index contributed by atoms with van der Waals surface area (Å²) in [5.41, 5.74) is 2.01. The van der Waals surface area contributed by atoms with E-state index in [1.807, 2.05) is 24.3 Å². The molecule has 0 bridgehead atoms. The minimum absolute atomic E-state index is 0.0801. The fourth-order valence-corrected chi connectivity index (χ4v) is 5.35. The van der Waals surface area contributed by atoms with E-state index in [-0.39, 0.29) is 12.4 Å². The van der Waals surface area contributed by atoms with Gasteiger partial charge in [-0.1, -0.05) is 6.07 Å². The van der Waals surface area contributed by atoms with E-state index < -0.39 is 5.97 Å². The molecule has 1 aliphatic rings. The standard InChI is InChI=1S/C24H29BrN4O4S/c1-4-33-24(31)21-20(15-34-17-7-5-6-16(12-17)32-3)26-23-22(30)18(19(25)14-29(21)23)13-28-10-8-27(2)9-11-28/h5-7,12,14,30H,4,8-11,13,15H2,1-3H3. The predicted molar refractivity (Wildman–Crippen MR) is 136 cm³/mol. The molecule has 0 saturated carbocycles. The summed E-state index contributed by atoms with van der Waals surface area (Å²) in [5.74, 6) is 0.819. The van der Waals surface area contributed by atoms with Gasteiger partial charge in [-0.25, -0.2) is 9.78 Å². The molecule has 0 atom stereocenters. The summed E-state index contributed by atoms with van der Waals surface area (Å²) in [6.07, 6.45) is 1.80. The summed E-state index contributed by atoms with van der Waals surface area (Å²) in [6, 6.07) is 7.73. The van der Waals surface area contributed by atoms with Gasteiger partial charge in [0, 0.05) is 59.6 Å². The number of rotatable bonds is 8. The Morgan fingerprint density at radius 1 is 1.26 bits per heavy atom. The number of fused-ring (bicyclic) bond motifs is 1. The summed E-state index contributed by atoms with van der Waals surface area (Å²) in [6.45, 7) is 6.46. The minimum atomic E-state index is -0.464. The molecule has 3 aromatic rings. The van der Waals surface area contributed by atoms with Gasteiger partial charge in [0.25, 0.3) is 0 Å². The first-order valence-corrected chi connectivity index (χ1v) is 12.9. The Labute approximate surface area is 212 Å². The Balaban J connectivity index is 1.68. The van der Waals surface area contributed by atoms with Crippen LogP contribution >= 0.6 is 27.7 Å². The number of thioether (sulfide) groups is 1. The van der Waals surface area contributed by atoms with Crippen molar-refractivity contribution < 1.29 is 19.4 Å². The van der Waals surface area contributed by atoms with Crippen LogP contribution in [0.5, 0.6) is 11.5 Å². The van der Waals surface area contributed by atoms with Gasteiger partial charge < -0.3 is 19.5 Å². The summed E-state index contributed by atoms with van der Waals surface area (Å²) in [7, 11) is 3.74. The highest BCUT2D eigenvalue weighted by atomic mass is 79.9. The van der Waals surface area contributed by atoms with Crippen LogP contribution in [0.1, 0.15) is 28.7 Å². The molecule has 1 fully saturated rings. The third-order valence-electron chi connectivity index (χ3n) is 5.87. The topological polar surface area (TPSA) is 79.5 Å². The normalized spacial score (nSPS) is 15.1. The van der Waals surface area contributed by atoms with Crippen molar-refractivity contribution in [2.45, 2.75) is 24.1 Å². The highest BCUT2D eigenvalue weighted by Crippen LogP contribution is 2.35. The molecule has 0 aliphatic carbocycles. The van der Waals surface area contributed by atoms with Gasteiger partial charge in [0.15, 0.2) is 17.1 Å². The zero-order valence-corrected chi connectivity index (χ0v) is 22.0. The Hall–Kier alpha value is -2.27. The number of halogens is 1. The first kappa shape index (κ1) is 24.8. The molecule has 0 spiro atoms. The minimum Gasteiger partial charge on any atom is -0.504 e. The Morgan fingerprint density at radius 3 is 2.74 bits per heavy atom. The fourth-order valence-electron chi connectivity index (χ4n) is 3.95. The van der Waals surface area contributed by atoms with E-state index in [0.29, 0.717) is 29.3 Å². The molecule has 2 aromatic heterocycles. The number of imidazole rings is 1. The molecule has 1 aromatic carbocycles. The van der Waals surface area contributed by atoms with Gasteiger partial charge in [-0.2, -0.15) is 0 Å². The van der Waals surface area contributed by atoms with E-state index in [9.17, 15) is 9.90 Å². The van der Waals surface area contributed by atoms with Crippen molar-refractivity contribution in [1.29, 1.82) is 0 Å². The van der Waals surface area contributed by atoms with E-state index in [4.69, 9.17) is 14.5 Å². The third kappa shape index (κ3) is 5.35. The molecule has 3 heterocycles. The average molecular weight is 549 g/mol. The largest absolute Gasteiger partial charge is 0.504 e. The van der Waals surface area contributed by atoms with Crippen molar-refractivity contribution in [3.63, 3.8) is 0 Å². The second kappa shape index (κ2) is 11.0. The number of pyridine rings is 1. The number of hydrogen-bond donors (Lipinski definition) is 1.